The van der Waals surface area contributed by atoms with E-state index in [2.05, 4.69) is 30.7 Å². The molecule has 4 N–H and O–H groups in total. The number of H-pyrrole nitrogens is 1. The molecule has 4 rings (SSSR count). The second kappa shape index (κ2) is 9.82. The molecule has 0 aliphatic rings. The average molecular weight is 503 g/mol. The van der Waals surface area contributed by atoms with Crippen LogP contribution in [0.5, 0.6) is 11.5 Å². The van der Waals surface area contributed by atoms with Gasteiger partial charge in [0.25, 0.3) is 0 Å². The number of hydrogen-bond acceptors (Lipinski definition) is 5. The van der Waals surface area contributed by atoms with Gasteiger partial charge in [-0.3, -0.25) is 5.32 Å². The first-order valence-electron chi connectivity index (χ1n) is 10.2. The summed E-state index contributed by atoms with van der Waals surface area (Å²) in [6.45, 7) is 0. The number of rotatable bonds is 5. The van der Waals surface area contributed by atoms with E-state index >= 15 is 0 Å². The Balaban J connectivity index is 1.38. The first-order chi connectivity index (χ1) is 17.1. The number of halogens is 4. The van der Waals surface area contributed by atoms with Crippen LogP contribution in [-0.2, 0) is 10.9 Å². The van der Waals surface area contributed by atoms with Crippen molar-refractivity contribution in [3.8, 4) is 11.5 Å². The lowest BCUT2D eigenvalue weighted by molar-refractivity contribution is -0.137. The Labute approximate surface area is 200 Å². The summed E-state index contributed by atoms with van der Waals surface area (Å²) in [6.07, 6.45) is -5.43. The predicted molar refractivity (Wildman–Crippen MR) is 123 cm³/mol. The van der Waals surface area contributed by atoms with Crippen LogP contribution in [-0.4, -0.2) is 29.2 Å². The maximum atomic E-state index is 13.5. The number of carbonyl (C=O) groups excluding carboxylic acids is 2. The third kappa shape index (κ3) is 6.00. The number of aromatic amines is 1. The number of anilines is 3. The van der Waals surface area contributed by atoms with Gasteiger partial charge >= 0.3 is 18.3 Å². The maximum Gasteiger partial charge on any atom is 0.416 e. The van der Waals surface area contributed by atoms with E-state index in [4.69, 9.17) is 4.74 Å². The molecule has 0 aliphatic heterocycles. The van der Waals surface area contributed by atoms with E-state index in [1.165, 1.54) is 19.2 Å². The number of carbonyl (C=O) groups is 2. The van der Waals surface area contributed by atoms with Gasteiger partial charge in [0, 0.05) is 17.4 Å². The number of ether oxygens (including phenoxy) is 2. The molecule has 186 valence electrons. The van der Waals surface area contributed by atoms with Crippen LogP contribution >= 0.6 is 0 Å². The number of nitrogens with one attached hydrogen (secondary N) is 4. The molecule has 9 nitrogen and oxygen atoms in total. The minimum absolute atomic E-state index is 0.204. The maximum absolute atomic E-state index is 13.5. The van der Waals surface area contributed by atoms with Crippen molar-refractivity contribution in [2.45, 2.75) is 6.18 Å². The molecule has 0 fully saturated rings. The molecule has 0 aliphatic carbocycles. The van der Waals surface area contributed by atoms with Gasteiger partial charge < -0.3 is 25.1 Å². The molecule has 3 aromatic carbocycles. The van der Waals surface area contributed by atoms with Gasteiger partial charge in [0.1, 0.15) is 17.3 Å². The minimum Gasteiger partial charge on any atom is -0.457 e. The molecule has 0 bridgehead atoms. The molecule has 13 heteroatoms. The highest BCUT2D eigenvalue weighted by molar-refractivity contribution is 5.99. The Kier molecular flexibility index (Phi) is 6.63. The SMILES string of the molecule is COC(=O)Nc1nc2cc(Oc3ccc(NC(=O)Nc4cc(F)cc(C(F)(F)F)c4)cc3)ccc2[nH]1. The lowest BCUT2D eigenvalue weighted by atomic mass is 10.2. The number of imidazole rings is 1. The highest BCUT2D eigenvalue weighted by Crippen LogP contribution is 2.32. The summed E-state index contributed by atoms with van der Waals surface area (Å²) in [5, 5.41) is 7.03. The van der Waals surface area contributed by atoms with E-state index in [9.17, 15) is 27.2 Å². The van der Waals surface area contributed by atoms with Crippen molar-refractivity contribution in [1.82, 2.24) is 9.97 Å². The number of aromatic nitrogens is 2. The van der Waals surface area contributed by atoms with Crippen LogP contribution in [0.3, 0.4) is 0 Å². The predicted octanol–water partition coefficient (Wildman–Crippen LogP) is 6.34. The molecular weight excluding hydrogens is 486 g/mol. The lowest BCUT2D eigenvalue weighted by Gasteiger charge is -2.12. The van der Waals surface area contributed by atoms with E-state index in [-0.39, 0.29) is 11.6 Å². The van der Waals surface area contributed by atoms with Gasteiger partial charge in [-0.1, -0.05) is 0 Å². The third-order valence-corrected chi connectivity index (χ3v) is 4.69. The number of hydrogen-bond donors (Lipinski definition) is 4. The second-order valence-corrected chi connectivity index (χ2v) is 7.31. The molecule has 0 spiro atoms. The summed E-state index contributed by atoms with van der Waals surface area (Å²) in [4.78, 5) is 30.6. The average Bonchev–Trinajstić information content (AvgIpc) is 3.20. The zero-order valence-corrected chi connectivity index (χ0v) is 18.4. The molecule has 3 amide bonds. The Bertz CT molecular complexity index is 1420. The van der Waals surface area contributed by atoms with Crippen LogP contribution in [0.2, 0.25) is 0 Å². The fraction of sp³-hybridized carbons (Fsp3) is 0.0870. The van der Waals surface area contributed by atoms with Gasteiger partial charge in [0.15, 0.2) is 0 Å². The summed E-state index contributed by atoms with van der Waals surface area (Å²) in [5.41, 5.74) is -0.0739. The number of methoxy groups -OCH3 is 1. The van der Waals surface area contributed by atoms with Crippen LogP contribution in [0.25, 0.3) is 11.0 Å². The topological polar surface area (TPSA) is 117 Å². The van der Waals surface area contributed by atoms with Crippen LogP contribution < -0.4 is 20.7 Å². The Hall–Kier alpha value is -4.81. The molecule has 1 heterocycles. The summed E-state index contributed by atoms with van der Waals surface area (Å²) in [6, 6.07) is 12.0. The number of benzene rings is 3. The Morgan fingerprint density at radius 2 is 1.58 bits per heavy atom. The normalized spacial score (nSPS) is 11.1. The molecule has 0 atom stereocenters. The fourth-order valence-corrected chi connectivity index (χ4v) is 3.12. The molecular formula is C23H17F4N5O4. The number of nitrogens with zero attached hydrogens (tertiary/aromatic N) is 1. The van der Waals surface area contributed by atoms with Gasteiger partial charge in [0.05, 0.1) is 23.7 Å². The van der Waals surface area contributed by atoms with Gasteiger partial charge in [0.2, 0.25) is 5.95 Å². The smallest absolute Gasteiger partial charge is 0.416 e. The molecule has 0 saturated heterocycles. The summed E-state index contributed by atoms with van der Waals surface area (Å²) in [5.74, 6) is -0.0615. The van der Waals surface area contributed by atoms with Gasteiger partial charge in [-0.05, 0) is 54.6 Å². The number of amides is 3. The van der Waals surface area contributed by atoms with Crippen LogP contribution in [0.4, 0.5) is 44.5 Å². The third-order valence-electron chi connectivity index (χ3n) is 4.69. The van der Waals surface area contributed by atoms with E-state index in [1.54, 1.807) is 30.3 Å². The van der Waals surface area contributed by atoms with Gasteiger partial charge in [-0.25, -0.2) is 19.0 Å². The summed E-state index contributed by atoms with van der Waals surface area (Å²) >= 11 is 0. The summed E-state index contributed by atoms with van der Waals surface area (Å²) in [7, 11) is 1.23. The van der Waals surface area contributed by atoms with Crippen molar-refractivity contribution in [3.05, 3.63) is 72.0 Å². The van der Waals surface area contributed by atoms with Crippen LogP contribution in [0.15, 0.2) is 60.7 Å². The number of fused-ring (bicyclic) bond motifs is 1. The highest BCUT2D eigenvalue weighted by atomic mass is 19.4. The fourth-order valence-electron chi connectivity index (χ4n) is 3.12. The number of urea groups is 1. The molecule has 0 radical (unpaired) electrons. The molecule has 1 aromatic heterocycles. The largest absolute Gasteiger partial charge is 0.457 e. The number of alkyl halides is 3. The second-order valence-electron chi connectivity index (χ2n) is 7.31. The van der Waals surface area contributed by atoms with Crippen molar-refractivity contribution in [2.24, 2.45) is 0 Å². The van der Waals surface area contributed by atoms with E-state index in [1.807, 2.05) is 0 Å². The molecule has 4 aromatic rings. The van der Waals surface area contributed by atoms with E-state index < -0.39 is 29.7 Å². The van der Waals surface area contributed by atoms with Crippen molar-refractivity contribution in [1.29, 1.82) is 0 Å². The minimum atomic E-state index is -4.76. The van der Waals surface area contributed by atoms with E-state index in [0.717, 1.165) is 6.07 Å². The molecule has 0 saturated carbocycles. The van der Waals surface area contributed by atoms with Crippen molar-refractivity contribution in [2.75, 3.05) is 23.1 Å². The van der Waals surface area contributed by atoms with Gasteiger partial charge in [-0.15, -0.1) is 0 Å². The van der Waals surface area contributed by atoms with Crippen LogP contribution in [0.1, 0.15) is 5.56 Å². The van der Waals surface area contributed by atoms with Crippen LogP contribution in [0, 0.1) is 5.82 Å². The zero-order chi connectivity index (χ0) is 25.9. The first-order valence-corrected chi connectivity index (χ1v) is 10.2. The monoisotopic (exact) mass is 503 g/mol. The zero-order valence-electron chi connectivity index (χ0n) is 18.4. The Morgan fingerprint density at radius 1 is 0.889 bits per heavy atom. The van der Waals surface area contributed by atoms with Gasteiger partial charge in [-0.2, -0.15) is 13.2 Å². The lowest BCUT2D eigenvalue weighted by Crippen LogP contribution is -2.20. The van der Waals surface area contributed by atoms with E-state index in [0.29, 0.717) is 40.4 Å². The molecule has 36 heavy (non-hydrogen) atoms. The first kappa shape index (κ1) is 24.3. The van der Waals surface area contributed by atoms with Crippen molar-refractivity contribution in [3.63, 3.8) is 0 Å². The van der Waals surface area contributed by atoms with Crippen molar-refractivity contribution >= 4 is 40.5 Å². The standard InChI is InChI=1S/C23H17F4N5O4/c1-35-22(34)32-20-30-18-7-6-17(11-19(18)31-20)36-16-4-2-14(3-5-16)28-21(33)29-15-9-12(23(25,26)27)8-13(24)10-15/h2-11H,1H3,(H2,28,29,33)(H2,30,31,32,34). The highest BCUT2D eigenvalue weighted by Gasteiger charge is 2.31. The summed E-state index contributed by atoms with van der Waals surface area (Å²) < 4.78 is 62.3. The van der Waals surface area contributed by atoms with Crippen molar-refractivity contribution < 1.29 is 36.6 Å². The molecule has 0 unspecified atom stereocenters. The Morgan fingerprint density at radius 3 is 2.28 bits per heavy atom. The quantitative estimate of drug-likeness (QED) is 0.237.